The van der Waals surface area contributed by atoms with E-state index in [9.17, 15) is 14.4 Å². The van der Waals surface area contributed by atoms with Crippen LogP contribution in [0.2, 0.25) is 0 Å². The van der Waals surface area contributed by atoms with Crippen molar-refractivity contribution in [3.05, 3.63) is 35.9 Å². The van der Waals surface area contributed by atoms with Crippen molar-refractivity contribution in [1.29, 1.82) is 0 Å². The molecule has 0 radical (unpaired) electrons. The van der Waals surface area contributed by atoms with Gasteiger partial charge in [-0.15, -0.1) is 0 Å². The second kappa shape index (κ2) is 8.07. The van der Waals surface area contributed by atoms with Crippen LogP contribution in [0.1, 0.15) is 18.4 Å². The van der Waals surface area contributed by atoms with Gasteiger partial charge in [0.2, 0.25) is 5.91 Å². The average molecular weight is 318 g/mol. The number of carbonyl (C=O) groups excluding carboxylic acids is 3. The van der Waals surface area contributed by atoms with Gasteiger partial charge in [-0.1, -0.05) is 30.3 Å². The number of esters is 2. The minimum Gasteiger partial charge on any atom is -0.468 e. The van der Waals surface area contributed by atoms with E-state index in [2.05, 4.69) is 15.0 Å². The fraction of sp³-hybridized carbons (Fsp3) is 0.375. The number of carbonyl (C=O) groups is 3. The van der Waals surface area contributed by atoms with Crippen molar-refractivity contribution in [1.82, 2.24) is 5.32 Å². The molecule has 1 fully saturated rings. The van der Waals surface area contributed by atoms with Crippen LogP contribution >= 0.6 is 0 Å². The zero-order chi connectivity index (χ0) is 16.7. The van der Waals surface area contributed by atoms with Crippen molar-refractivity contribution in [2.24, 2.45) is 4.99 Å². The fourth-order valence-corrected chi connectivity index (χ4v) is 2.15. The Bertz CT molecular complexity index is 612. The molecule has 1 amide bonds. The SMILES string of the molecule is COC(=O)CN=C1CC(=O)N[C@H]1CC(=O)OCc1ccccc1. The van der Waals surface area contributed by atoms with Gasteiger partial charge in [0, 0.05) is 5.71 Å². The summed E-state index contributed by atoms with van der Waals surface area (Å²) in [6, 6.07) is 8.77. The molecule has 23 heavy (non-hydrogen) atoms. The van der Waals surface area contributed by atoms with E-state index in [4.69, 9.17) is 4.74 Å². The van der Waals surface area contributed by atoms with Gasteiger partial charge in [-0.3, -0.25) is 19.4 Å². The number of amides is 1. The Kier molecular flexibility index (Phi) is 5.85. The van der Waals surface area contributed by atoms with E-state index in [1.807, 2.05) is 30.3 Å². The van der Waals surface area contributed by atoms with Crippen LogP contribution in [0.5, 0.6) is 0 Å². The molecule has 0 unspecified atom stereocenters. The van der Waals surface area contributed by atoms with E-state index in [0.717, 1.165) is 5.56 Å². The lowest BCUT2D eigenvalue weighted by Crippen LogP contribution is -2.32. The molecule has 1 N–H and O–H groups in total. The predicted molar refractivity (Wildman–Crippen MR) is 81.7 cm³/mol. The first kappa shape index (κ1) is 16.7. The van der Waals surface area contributed by atoms with Crippen molar-refractivity contribution in [2.75, 3.05) is 13.7 Å². The Morgan fingerprint density at radius 3 is 2.70 bits per heavy atom. The molecule has 0 bridgehead atoms. The van der Waals surface area contributed by atoms with E-state index in [-0.39, 0.29) is 31.9 Å². The Hall–Kier alpha value is -2.70. The highest BCUT2D eigenvalue weighted by atomic mass is 16.5. The van der Waals surface area contributed by atoms with Gasteiger partial charge in [0.1, 0.15) is 13.2 Å². The molecule has 7 nitrogen and oxygen atoms in total. The van der Waals surface area contributed by atoms with Crippen LogP contribution < -0.4 is 5.32 Å². The number of methoxy groups -OCH3 is 1. The Morgan fingerprint density at radius 1 is 1.26 bits per heavy atom. The summed E-state index contributed by atoms with van der Waals surface area (Å²) in [6.07, 6.45) is 0.0617. The molecule has 1 heterocycles. The van der Waals surface area contributed by atoms with E-state index in [1.54, 1.807) is 0 Å². The second-order valence-electron chi connectivity index (χ2n) is 5.03. The molecular weight excluding hydrogens is 300 g/mol. The van der Waals surface area contributed by atoms with Crippen LogP contribution in [0.25, 0.3) is 0 Å². The molecule has 1 saturated heterocycles. The number of benzene rings is 1. The summed E-state index contributed by atoms with van der Waals surface area (Å²) < 4.78 is 9.68. The largest absolute Gasteiger partial charge is 0.468 e. The summed E-state index contributed by atoms with van der Waals surface area (Å²) in [5.74, 6) is -1.16. The number of hydrogen-bond acceptors (Lipinski definition) is 6. The van der Waals surface area contributed by atoms with E-state index >= 15 is 0 Å². The molecule has 1 aliphatic rings. The number of hydrogen-bond donors (Lipinski definition) is 1. The molecule has 1 atom stereocenters. The highest BCUT2D eigenvalue weighted by Gasteiger charge is 2.30. The Balaban J connectivity index is 1.87. The summed E-state index contributed by atoms with van der Waals surface area (Å²) in [6.45, 7) is 0.00529. The first-order chi connectivity index (χ1) is 11.1. The number of rotatable bonds is 6. The van der Waals surface area contributed by atoms with Gasteiger partial charge >= 0.3 is 11.9 Å². The maximum absolute atomic E-state index is 11.9. The van der Waals surface area contributed by atoms with Crippen LogP contribution in [0.3, 0.4) is 0 Å². The molecule has 0 aliphatic carbocycles. The van der Waals surface area contributed by atoms with E-state index in [1.165, 1.54) is 7.11 Å². The minimum absolute atomic E-state index is 0.0153. The molecule has 2 rings (SSSR count). The maximum Gasteiger partial charge on any atom is 0.327 e. The summed E-state index contributed by atoms with van der Waals surface area (Å²) in [5.41, 5.74) is 1.35. The number of aliphatic imine (C=N–C) groups is 1. The molecule has 1 aromatic rings. The Labute approximate surface area is 133 Å². The third kappa shape index (κ3) is 5.21. The van der Waals surface area contributed by atoms with Crippen molar-refractivity contribution in [3.63, 3.8) is 0 Å². The highest BCUT2D eigenvalue weighted by Crippen LogP contribution is 2.11. The van der Waals surface area contributed by atoms with Gasteiger partial charge in [-0.05, 0) is 5.56 Å². The maximum atomic E-state index is 11.9. The van der Waals surface area contributed by atoms with Gasteiger partial charge in [0.25, 0.3) is 0 Å². The zero-order valence-corrected chi connectivity index (χ0v) is 12.8. The zero-order valence-electron chi connectivity index (χ0n) is 12.8. The van der Waals surface area contributed by atoms with Gasteiger partial charge in [-0.25, -0.2) is 0 Å². The molecular formula is C16H18N2O5. The lowest BCUT2D eigenvalue weighted by Gasteiger charge is -2.11. The van der Waals surface area contributed by atoms with Crippen LogP contribution in [0.15, 0.2) is 35.3 Å². The van der Waals surface area contributed by atoms with Crippen LogP contribution in [0, 0.1) is 0 Å². The molecule has 0 saturated carbocycles. The lowest BCUT2D eigenvalue weighted by molar-refractivity contribution is -0.145. The Morgan fingerprint density at radius 2 is 2.00 bits per heavy atom. The van der Waals surface area contributed by atoms with Crippen molar-refractivity contribution >= 4 is 23.6 Å². The van der Waals surface area contributed by atoms with Crippen molar-refractivity contribution < 1.29 is 23.9 Å². The van der Waals surface area contributed by atoms with Crippen LogP contribution in [0.4, 0.5) is 0 Å². The predicted octanol–water partition coefficient (Wildman–Crippen LogP) is 0.622. The van der Waals surface area contributed by atoms with Crippen molar-refractivity contribution in [3.8, 4) is 0 Å². The van der Waals surface area contributed by atoms with Gasteiger partial charge in [0.05, 0.1) is 26.0 Å². The fourth-order valence-electron chi connectivity index (χ4n) is 2.15. The lowest BCUT2D eigenvalue weighted by atomic mass is 10.1. The molecule has 7 heteroatoms. The second-order valence-corrected chi connectivity index (χ2v) is 5.03. The summed E-state index contributed by atoms with van der Waals surface area (Å²) in [5, 5.41) is 2.65. The molecule has 1 aromatic carbocycles. The van der Waals surface area contributed by atoms with Crippen LogP contribution in [-0.2, 0) is 30.5 Å². The number of nitrogens with zero attached hydrogens (tertiary/aromatic N) is 1. The molecule has 122 valence electrons. The number of ether oxygens (including phenoxy) is 2. The average Bonchev–Trinajstić information content (AvgIpc) is 2.91. The van der Waals surface area contributed by atoms with Crippen molar-refractivity contribution in [2.45, 2.75) is 25.5 Å². The van der Waals surface area contributed by atoms with Gasteiger partial charge in [0.15, 0.2) is 0 Å². The number of nitrogens with one attached hydrogen (secondary N) is 1. The summed E-state index contributed by atoms with van der Waals surface area (Å²) in [4.78, 5) is 38.5. The summed E-state index contributed by atoms with van der Waals surface area (Å²) >= 11 is 0. The topological polar surface area (TPSA) is 94.1 Å². The van der Waals surface area contributed by atoms with E-state index in [0.29, 0.717) is 5.71 Å². The minimum atomic E-state index is -0.532. The standard InChI is InChI=1S/C16H18N2O5/c1-22-16(21)9-17-12-7-14(19)18-13(12)8-15(20)23-10-11-5-3-2-4-6-11/h2-6,13H,7-10H2,1H3,(H,18,19)/t13-/m0/s1. The normalized spacial score (nSPS) is 18.6. The first-order valence-corrected chi connectivity index (χ1v) is 7.17. The molecule has 0 spiro atoms. The molecule has 1 aliphatic heterocycles. The summed E-state index contributed by atoms with van der Waals surface area (Å²) in [7, 11) is 1.26. The smallest absolute Gasteiger partial charge is 0.327 e. The van der Waals surface area contributed by atoms with Gasteiger partial charge < -0.3 is 14.8 Å². The van der Waals surface area contributed by atoms with Gasteiger partial charge in [-0.2, -0.15) is 0 Å². The monoisotopic (exact) mass is 318 g/mol. The van der Waals surface area contributed by atoms with Crippen LogP contribution in [-0.4, -0.2) is 43.3 Å². The molecule has 0 aromatic heterocycles. The third-order valence-electron chi connectivity index (χ3n) is 3.33. The highest BCUT2D eigenvalue weighted by molar-refractivity contribution is 6.11. The third-order valence-corrected chi connectivity index (χ3v) is 3.33. The quantitative estimate of drug-likeness (QED) is 0.776. The first-order valence-electron chi connectivity index (χ1n) is 7.17. The van der Waals surface area contributed by atoms with E-state index < -0.39 is 18.0 Å².